The van der Waals surface area contributed by atoms with Crippen molar-refractivity contribution in [1.82, 2.24) is 25.0 Å². The molecule has 0 aliphatic rings. The van der Waals surface area contributed by atoms with Gasteiger partial charge in [0.2, 0.25) is 5.95 Å². The van der Waals surface area contributed by atoms with Crippen molar-refractivity contribution in [2.75, 3.05) is 17.2 Å². The van der Waals surface area contributed by atoms with Gasteiger partial charge in [0.05, 0.1) is 40.6 Å². The number of anilines is 2. The summed E-state index contributed by atoms with van der Waals surface area (Å²) >= 11 is 6.69. The second kappa shape index (κ2) is 11.9. The number of fused-ring (bicyclic) bond motifs is 1. The lowest BCUT2D eigenvalue weighted by Gasteiger charge is -2.23. The molecule has 43 heavy (non-hydrogen) atoms. The number of benzene rings is 2. The fourth-order valence-electron chi connectivity index (χ4n) is 4.66. The number of nitrogens with one attached hydrogen (secondary N) is 2. The van der Waals surface area contributed by atoms with E-state index in [2.05, 4.69) is 57.8 Å². The van der Waals surface area contributed by atoms with Gasteiger partial charge in [0.25, 0.3) is 0 Å². The molecule has 0 radical (unpaired) electrons. The Morgan fingerprint density at radius 2 is 1.84 bits per heavy atom. The highest BCUT2D eigenvalue weighted by atomic mass is 35.5. The topological polar surface area (TPSA) is 104 Å². The number of hydrogen-bond donors (Lipinski definition) is 2. The molecule has 5 aromatic rings. The van der Waals surface area contributed by atoms with Crippen molar-refractivity contribution in [2.24, 2.45) is 5.41 Å². The van der Waals surface area contributed by atoms with Gasteiger partial charge in [-0.2, -0.15) is 9.65 Å². The van der Waals surface area contributed by atoms with Gasteiger partial charge in [-0.25, -0.2) is 18.4 Å². The summed E-state index contributed by atoms with van der Waals surface area (Å²) in [5.74, 6) is -2.04. The van der Waals surface area contributed by atoms with Crippen LogP contribution in [0.25, 0.3) is 10.9 Å². The molecule has 0 aliphatic carbocycles. The van der Waals surface area contributed by atoms with Crippen molar-refractivity contribution in [2.45, 2.75) is 40.3 Å². The molecule has 2 N–H and O–H groups in total. The first kappa shape index (κ1) is 29.8. The minimum absolute atomic E-state index is 0.0718. The fraction of sp³-hybridized carbons (Fsp3) is 0.258. The van der Waals surface area contributed by atoms with Gasteiger partial charge in [-0.15, -0.1) is 5.10 Å². The Hall–Kier alpha value is -4.69. The van der Waals surface area contributed by atoms with Gasteiger partial charge >= 0.3 is 0 Å². The summed E-state index contributed by atoms with van der Waals surface area (Å²) in [5, 5.41) is 25.9. The average molecular weight is 605 g/mol. The molecule has 5 rings (SSSR count). The van der Waals surface area contributed by atoms with E-state index in [0.717, 1.165) is 0 Å². The molecule has 0 amide bonds. The molecule has 1 atom stereocenters. The van der Waals surface area contributed by atoms with Crippen LogP contribution in [0.1, 0.15) is 54.9 Å². The minimum atomic E-state index is -0.709. The summed E-state index contributed by atoms with van der Waals surface area (Å²) in [6, 6.07) is 11.5. The van der Waals surface area contributed by atoms with Crippen molar-refractivity contribution >= 4 is 33.9 Å². The Balaban J connectivity index is 1.58. The van der Waals surface area contributed by atoms with Crippen molar-refractivity contribution in [3.63, 3.8) is 0 Å². The number of aryl methyl sites for hydroxylation is 1. The molecule has 8 nitrogen and oxygen atoms in total. The smallest absolute Gasteiger partial charge is 0.213 e. The van der Waals surface area contributed by atoms with Gasteiger partial charge in [-0.05, 0) is 42.7 Å². The van der Waals surface area contributed by atoms with E-state index >= 15 is 0 Å². The zero-order chi connectivity index (χ0) is 30.9. The number of aromatic nitrogens is 5. The average Bonchev–Trinajstić information content (AvgIpc) is 3.41. The SMILES string of the molecule is Cc1nc(F)ccc1[C@H](Nc1cc(Cl)c2ncc(C#N)c(NCC(C)(C)C)c2c1)c1cn(Cc2c(F)cccc2F)nn1. The van der Waals surface area contributed by atoms with E-state index in [9.17, 15) is 18.4 Å². The molecule has 220 valence electrons. The summed E-state index contributed by atoms with van der Waals surface area (Å²) in [6.45, 7) is 8.29. The molecule has 3 heterocycles. The summed E-state index contributed by atoms with van der Waals surface area (Å²) in [5.41, 5.74) is 3.19. The third-order valence-corrected chi connectivity index (χ3v) is 7.08. The van der Waals surface area contributed by atoms with E-state index < -0.39 is 23.6 Å². The third kappa shape index (κ3) is 6.54. The molecule has 0 saturated carbocycles. The van der Waals surface area contributed by atoms with Crippen LogP contribution in [-0.2, 0) is 6.54 Å². The second-order valence-corrected chi connectivity index (χ2v) is 11.8. The maximum atomic E-state index is 14.3. The van der Waals surface area contributed by atoms with E-state index in [1.807, 2.05) is 6.07 Å². The van der Waals surface area contributed by atoms with Gasteiger partial charge < -0.3 is 10.6 Å². The Bertz CT molecular complexity index is 1840. The van der Waals surface area contributed by atoms with Crippen LogP contribution >= 0.6 is 11.6 Å². The van der Waals surface area contributed by atoms with E-state index in [1.54, 1.807) is 25.3 Å². The Morgan fingerprint density at radius 3 is 2.51 bits per heavy atom. The van der Waals surface area contributed by atoms with E-state index in [1.165, 1.54) is 35.1 Å². The normalized spacial score (nSPS) is 12.3. The highest BCUT2D eigenvalue weighted by Gasteiger charge is 2.23. The number of hydrogen-bond acceptors (Lipinski definition) is 7. The maximum Gasteiger partial charge on any atom is 0.213 e. The van der Waals surface area contributed by atoms with Crippen molar-refractivity contribution < 1.29 is 13.2 Å². The van der Waals surface area contributed by atoms with E-state index in [0.29, 0.717) is 56.4 Å². The third-order valence-electron chi connectivity index (χ3n) is 6.79. The first-order valence-corrected chi connectivity index (χ1v) is 13.8. The second-order valence-electron chi connectivity index (χ2n) is 11.4. The largest absolute Gasteiger partial charge is 0.383 e. The molecule has 0 saturated heterocycles. The summed E-state index contributed by atoms with van der Waals surface area (Å²) in [7, 11) is 0. The number of nitrogens with zero attached hydrogens (tertiary/aromatic N) is 6. The van der Waals surface area contributed by atoms with Crippen LogP contribution in [0, 0.1) is 41.3 Å². The van der Waals surface area contributed by atoms with Gasteiger partial charge in [0.1, 0.15) is 23.4 Å². The van der Waals surface area contributed by atoms with Gasteiger partial charge in [0, 0.05) is 40.6 Å². The molecule has 3 aromatic heterocycles. The zero-order valence-corrected chi connectivity index (χ0v) is 24.6. The van der Waals surface area contributed by atoms with E-state index in [-0.39, 0.29) is 17.5 Å². The molecule has 0 bridgehead atoms. The molecule has 0 spiro atoms. The van der Waals surface area contributed by atoms with Crippen molar-refractivity contribution in [3.8, 4) is 6.07 Å². The lowest BCUT2D eigenvalue weighted by Crippen LogP contribution is -2.20. The van der Waals surface area contributed by atoms with Crippen molar-refractivity contribution in [1.29, 1.82) is 5.26 Å². The van der Waals surface area contributed by atoms with Crippen LogP contribution in [0.4, 0.5) is 24.5 Å². The molecule has 2 aromatic carbocycles. The predicted octanol–water partition coefficient (Wildman–Crippen LogP) is 7.18. The molecular weight excluding hydrogens is 577 g/mol. The summed E-state index contributed by atoms with van der Waals surface area (Å²) < 4.78 is 43.9. The van der Waals surface area contributed by atoms with Crippen molar-refractivity contribution in [3.05, 3.63) is 106 Å². The number of halogens is 4. The van der Waals surface area contributed by atoms with Gasteiger partial charge in [-0.1, -0.05) is 49.7 Å². The molecule has 0 unspecified atom stereocenters. The highest BCUT2D eigenvalue weighted by molar-refractivity contribution is 6.35. The lowest BCUT2D eigenvalue weighted by atomic mass is 9.96. The lowest BCUT2D eigenvalue weighted by molar-refractivity contribution is 0.443. The quantitative estimate of drug-likeness (QED) is 0.181. The molecular formula is C31H28ClF3N8. The van der Waals surface area contributed by atoms with Crippen LogP contribution in [0.15, 0.2) is 54.9 Å². The Morgan fingerprint density at radius 1 is 1.09 bits per heavy atom. The maximum absolute atomic E-state index is 14.3. The van der Waals surface area contributed by atoms with Crippen LogP contribution in [0.2, 0.25) is 5.02 Å². The first-order valence-electron chi connectivity index (χ1n) is 13.4. The van der Waals surface area contributed by atoms with Crippen LogP contribution in [0.3, 0.4) is 0 Å². The van der Waals surface area contributed by atoms with Gasteiger partial charge in [-0.3, -0.25) is 4.98 Å². The monoisotopic (exact) mass is 604 g/mol. The predicted molar refractivity (Wildman–Crippen MR) is 159 cm³/mol. The minimum Gasteiger partial charge on any atom is -0.383 e. The van der Waals surface area contributed by atoms with Crippen LogP contribution < -0.4 is 10.6 Å². The standard InChI is InChI=1S/C31H28ClF3N8/c1-17-20(8-9-27(35)39-17)30(26-15-43(42-41-26)14-22-24(33)6-5-7-25(22)34)40-19-10-21-28(38-16-31(2,3)4)18(12-36)13-37-29(21)23(32)11-19/h5-11,13,15,30,40H,14,16H2,1-4H3,(H,37,38)/t30-/m0/s1. The van der Waals surface area contributed by atoms with Crippen LogP contribution in [0.5, 0.6) is 0 Å². The summed E-state index contributed by atoms with van der Waals surface area (Å²) in [4.78, 5) is 8.38. The Kier molecular flexibility index (Phi) is 8.24. The number of nitriles is 1. The van der Waals surface area contributed by atoms with Gasteiger partial charge in [0.15, 0.2) is 0 Å². The van der Waals surface area contributed by atoms with Crippen LogP contribution in [-0.4, -0.2) is 31.5 Å². The first-order chi connectivity index (χ1) is 20.4. The zero-order valence-electron chi connectivity index (χ0n) is 23.9. The fourth-order valence-corrected chi connectivity index (χ4v) is 4.93. The molecule has 0 aliphatic heterocycles. The van der Waals surface area contributed by atoms with E-state index in [4.69, 9.17) is 11.6 Å². The molecule has 0 fully saturated rings. The Labute approximate surface area is 251 Å². The number of rotatable bonds is 8. The summed E-state index contributed by atoms with van der Waals surface area (Å²) in [6.07, 6.45) is 3.04. The molecule has 12 heteroatoms. The highest BCUT2D eigenvalue weighted by Crippen LogP contribution is 2.36. The number of pyridine rings is 2.